The number of hydrogen-bond acceptors (Lipinski definition) is 27. The average molecular weight is 1070 g/mol. The van der Waals surface area contributed by atoms with E-state index in [9.17, 15) is 47.9 Å². The summed E-state index contributed by atoms with van der Waals surface area (Å²) in [6, 6.07) is 0. The molecule has 0 amide bonds. The molecule has 3 heterocycles. The standard InChI is InChI=1S/C40H52Cl3NO26/c1-14(45)55-11-24-27(58-17(4)48)30(61-20(7)51)33(63-22(9)53)36(65-24)68-32-29(60-19(6)50)26(13-57-16(3)47)66-37(34(32)64-23(10)54)69-35-31(62-21(8)52)28(59-18(5)49)25(12-56-15(2)46)67-38(35)70-39(44)40(41,42)43/h24-38,44H,11-13H2,1-10H3/t24?,25?,26?,27-,28-,29-,30?,31?,32+,33?,34?,35?,36-,37-,38-/m1/s1. The second-order valence-corrected chi connectivity index (χ2v) is 17.5. The van der Waals surface area contributed by atoms with Crippen LogP contribution >= 0.6 is 34.8 Å². The Labute approximate surface area is 413 Å². The summed E-state index contributed by atoms with van der Waals surface area (Å²) < 4.78 is 88.4. The molecular formula is C40H52Cl3NO26. The van der Waals surface area contributed by atoms with Crippen molar-refractivity contribution in [3.05, 3.63) is 0 Å². The Kier molecular flexibility index (Phi) is 22.3. The molecule has 3 aliphatic heterocycles. The van der Waals surface area contributed by atoms with Crippen molar-refractivity contribution in [3.8, 4) is 0 Å². The third-order valence-corrected chi connectivity index (χ3v) is 9.83. The zero-order valence-electron chi connectivity index (χ0n) is 39.0. The third kappa shape index (κ3) is 17.9. The van der Waals surface area contributed by atoms with Crippen LogP contribution in [0.5, 0.6) is 0 Å². The highest BCUT2D eigenvalue weighted by Gasteiger charge is 2.60. The van der Waals surface area contributed by atoms with Crippen molar-refractivity contribution < 1.29 is 124 Å². The van der Waals surface area contributed by atoms with Gasteiger partial charge >= 0.3 is 59.7 Å². The summed E-state index contributed by atoms with van der Waals surface area (Å²) in [6.45, 7) is 7.31. The van der Waals surface area contributed by atoms with E-state index in [2.05, 4.69) is 0 Å². The van der Waals surface area contributed by atoms with Gasteiger partial charge in [0.1, 0.15) is 44.2 Å². The first-order chi connectivity index (χ1) is 32.5. The molecule has 0 aromatic heterocycles. The predicted octanol–water partition coefficient (Wildman–Crippen LogP) is 0.507. The van der Waals surface area contributed by atoms with Crippen LogP contribution in [0.15, 0.2) is 0 Å². The number of halogens is 3. The van der Waals surface area contributed by atoms with Gasteiger partial charge in [-0.05, 0) is 0 Å². The normalized spacial score (nSPS) is 30.7. The number of alkyl halides is 3. The summed E-state index contributed by atoms with van der Waals surface area (Å²) in [7, 11) is 0. The van der Waals surface area contributed by atoms with E-state index in [-0.39, 0.29) is 0 Å². The zero-order chi connectivity index (χ0) is 52.9. The van der Waals surface area contributed by atoms with Gasteiger partial charge in [0.25, 0.3) is 3.79 Å². The zero-order valence-corrected chi connectivity index (χ0v) is 41.3. The average Bonchev–Trinajstić information content (AvgIpc) is 3.20. The molecule has 3 saturated heterocycles. The molecule has 0 aromatic carbocycles. The molecule has 1 N–H and O–H groups in total. The fourth-order valence-corrected chi connectivity index (χ4v) is 7.16. The highest BCUT2D eigenvalue weighted by atomic mass is 35.6. The van der Waals surface area contributed by atoms with Gasteiger partial charge in [-0.3, -0.25) is 53.4 Å². The molecule has 27 nitrogen and oxygen atoms in total. The molecule has 3 rings (SSSR count). The van der Waals surface area contributed by atoms with E-state index in [0.717, 1.165) is 69.2 Å². The smallest absolute Gasteiger partial charge is 0.303 e. The van der Waals surface area contributed by atoms with Crippen LogP contribution in [0.4, 0.5) is 0 Å². The van der Waals surface area contributed by atoms with Crippen LogP contribution in [0.1, 0.15) is 69.2 Å². The van der Waals surface area contributed by atoms with Gasteiger partial charge in [-0.25, -0.2) is 0 Å². The van der Waals surface area contributed by atoms with Crippen molar-refractivity contribution in [3.63, 3.8) is 0 Å². The lowest BCUT2D eigenvalue weighted by Crippen LogP contribution is -2.69. The van der Waals surface area contributed by atoms with Crippen molar-refractivity contribution >= 4 is 100 Å². The summed E-state index contributed by atoms with van der Waals surface area (Å²) in [5.41, 5.74) is 0. The number of rotatable bonds is 18. The van der Waals surface area contributed by atoms with Crippen LogP contribution in [0, 0.1) is 5.41 Å². The van der Waals surface area contributed by atoms with E-state index < -0.39 is 181 Å². The van der Waals surface area contributed by atoms with Gasteiger partial charge in [0, 0.05) is 69.2 Å². The summed E-state index contributed by atoms with van der Waals surface area (Å²) >= 11 is 17.8. The van der Waals surface area contributed by atoms with E-state index in [1.54, 1.807) is 0 Å². The van der Waals surface area contributed by atoms with Gasteiger partial charge in [-0.2, -0.15) is 0 Å². The summed E-state index contributed by atoms with van der Waals surface area (Å²) in [4.78, 5) is 125. The molecule has 70 heavy (non-hydrogen) atoms. The first kappa shape index (κ1) is 59.2. The molecular weight excluding hydrogens is 1020 g/mol. The molecule has 3 aliphatic rings. The van der Waals surface area contributed by atoms with Gasteiger partial charge in [-0.1, -0.05) is 34.8 Å². The molecule has 8 unspecified atom stereocenters. The van der Waals surface area contributed by atoms with Crippen LogP contribution in [0.25, 0.3) is 0 Å². The molecule has 0 spiro atoms. The Bertz CT molecular complexity index is 1960. The van der Waals surface area contributed by atoms with E-state index >= 15 is 0 Å². The van der Waals surface area contributed by atoms with E-state index in [1.165, 1.54) is 0 Å². The monoisotopic (exact) mass is 1070 g/mol. The molecule has 0 aromatic rings. The first-order valence-electron chi connectivity index (χ1n) is 20.7. The maximum atomic E-state index is 13.1. The Balaban J connectivity index is 2.40. The van der Waals surface area contributed by atoms with Crippen molar-refractivity contribution in [2.24, 2.45) is 0 Å². The highest BCUT2D eigenvalue weighted by Crippen LogP contribution is 2.39. The first-order valence-corrected chi connectivity index (χ1v) is 21.8. The number of carbonyl (C=O) groups is 10. The minimum Gasteiger partial charge on any atom is -0.463 e. The number of hydrogen-bond donors (Lipinski definition) is 1. The SMILES string of the molecule is CC(=O)OCC1O[C@H](O[C@@H]2C(OC(C)=O)[C@@H](OC3C(OC(C)=O)[C@H](OC(C)=O)C(COC(C)=O)O[C@@H]3OC(=N)C(Cl)(Cl)Cl)OC(COC(C)=O)[C@H]2OC(C)=O)C(OC(C)=O)C(OC(C)=O)[C@@H]1OC(C)=O. The molecule has 15 atom stereocenters. The largest absolute Gasteiger partial charge is 0.463 e. The highest BCUT2D eigenvalue weighted by molar-refractivity contribution is 6.76. The van der Waals surface area contributed by atoms with Gasteiger partial charge < -0.3 is 75.8 Å². The molecule has 3 fully saturated rings. The minimum atomic E-state index is -2.62. The van der Waals surface area contributed by atoms with Crippen LogP contribution < -0.4 is 0 Å². The van der Waals surface area contributed by atoms with Crippen molar-refractivity contribution in [2.75, 3.05) is 19.8 Å². The van der Waals surface area contributed by atoms with Crippen LogP contribution in [-0.4, -0.2) is 181 Å². The fraction of sp³-hybridized carbons (Fsp3) is 0.725. The summed E-state index contributed by atoms with van der Waals surface area (Å²) in [6.07, 6.45) is -28.7. The topological polar surface area (TPSA) is 342 Å². The maximum absolute atomic E-state index is 13.1. The lowest BCUT2D eigenvalue weighted by molar-refractivity contribution is -0.382. The maximum Gasteiger partial charge on any atom is 0.303 e. The van der Waals surface area contributed by atoms with Crippen molar-refractivity contribution in [1.29, 1.82) is 5.41 Å². The van der Waals surface area contributed by atoms with Crippen LogP contribution in [0.3, 0.4) is 0 Å². The van der Waals surface area contributed by atoms with Crippen LogP contribution in [0.2, 0.25) is 0 Å². The van der Waals surface area contributed by atoms with Crippen molar-refractivity contribution in [2.45, 2.75) is 165 Å². The lowest BCUT2D eigenvalue weighted by atomic mass is 9.95. The molecule has 0 bridgehead atoms. The summed E-state index contributed by atoms with van der Waals surface area (Å²) in [5, 5.41) is 8.38. The second-order valence-electron chi connectivity index (χ2n) is 15.2. The number of carbonyl (C=O) groups excluding carboxylic acids is 10. The predicted molar refractivity (Wildman–Crippen MR) is 224 cm³/mol. The minimum absolute atomic E-state index is 0.727. The summed E-state index contributed by atoms with van der Waals surface area (Å²) in [5.74, 6) is -11.1. The fourth-order valence-electron chi connectivity index (χ4n) is 7.03. The van der Waals surface area contributed by atoms with Gasteiger partial charge in [0.05, 0.1) is 0 Å². The molecule has 394 valence electrons. The Hall–Kier alpha value is -5.16. The third-order valence-electron chi connectivity index (χ3n) is 9.31. The molecule has 30 heteroatoms. The van der Waals surface area contributed by atoms with E-state index in [4.69, 9.17) is 116 Å². The molecule has 0 radical (unpaired) electrons. The molecule has 0 saturated carbocycles. The number of ether oxygens (including phenoxy) is 16. The van der Waals surface area contributed by atoms with E-state index in [0.29, 0.717) is 0 Å². The Morgan fingerprint density at radius 3 is 0.929 bits per heavy atom. The Morgan fingerprint density at radius 1 is 0.357 bits per heavy atom. The quantitative estimate of drug-likeness (QED) is 0.0642. The Morgan fingerprint density at radius 2 is 0.614 bits per heavy atom. The van der Waals surface area contributed by atoms with Gasteiger partial charge in [0.15, 0.2) is 61.4 Å². The van der Waals surface area contributed by atoms with Crippen molar-refractivity contribution in [1.82, 2.24) is 0 Å². The number of esters is 10. The van der Waals surface area contributed by atoms with Crippen LogP contribution in [-0.2, 0) is 124 Å². The second kappa shape index (κ2) is 26.3. The van der Waals surface area contributed by atoms with Gasteiger partial charge in [0.2, 0.25) is 12.2 Å². The number of nitrogens with one attached hydrogen (secondary N) is 1. The van der Waals surface area contributed by atoms with Gasteiger partial charge in [-0.15, -0.1) is 0 Å². The molecule has 0 aliphatic carbocycles. The lowest BCUT2D eigenvalue weighted by Gasteiger charge is -2.50. The van der Waals surface area contributed by atoms with E-state index in [1.807, 2.05) is 0 Å².